The largest absolute Gasteiger partial charge is 0.377 e. The molecule has 0 aromatic heterocycles. The Balaban J connectivity index is 1.74. The number of fused-ring (bicyclic) bond motifs is 5. The van der Waals surface area contributed by atoms with E-state index in [4.69, 9.17) is 6.42 Å². The fourth-order valence-corrected chi connectivity index (χ4v) is 6.72. The molecule has 1 unspecified atom stereocenters. The third-order valence-electron chi connectivity index (χ3n) is 7.63. The van der Waals surface area contributed by atoms with Crippen LogP contribution < -0.4 is 0 Å². The van der Waals surface area contributed by atoms with Crippen molar-refractivity contribution < 1.29 is 9.90 Å². The molecule has 0 radical (unpaired) electrons. The van der Waals surface area contributed by atoms with E-state index < -0.39 is 5.60 Å². The molecule has 0 saturated heterocycles. The number of hydrogen-bond acceptors (Lipinski definition) is 2. The SMILES string of the molecule is C#C[C@]1(O)CC[C@@H]2C1[C@H](CC)C(=C)[C@H]1[C@H]2CCC2=CC(=O)CC[C@@H]21. The molecule has 0 amide bonds. The minimum absolute atomic E-state index is 0.178. The Morgan fingerprint density at radius 1 is 1.33 bits per heavy atom. The lowest BCUT2D eigenvalue weighted by Gasteiger charge is -2.54. The molecule has 128 valence electrons. The van der Waals surface area contributed by atoms with Crippen molar-refractivity contribution in [2.75, 3.05) is 0 Å². The number of aliphatic hydroxyl groups is 1. The first-order valence-electron chi connectivity index (χ1n) is 9.62. The lowest BCUT2D eigenvalue weighted by Crippen LogP contribution is -2.50. The molecular formula is C22H28O2. The van der Waals surface area contributed by atoms with E-state index in [1.165, 1.54) is 11.1 Å². The van der Waals surface area contributed by atoms with Crippen LogP contribution in [0.15, 0.2) is 23.8 Å². The highest BCUT2D eigenvalue weighted by molar-refractivity contribution is 5.91. The molecule has 0 bridgehead atoms. The van der Waals surface area contributed by atoms with E-state index in [1.54, 1.807) is 0 Å². The summed E-state index contributed by atoms with van der Waals surface area (Å²) >= 11 is 0. The highest BCUT2D eigenvalue weighted by Gasteiger charge is 2.59. The first kappa shape index (κ1) is 16.2. The standard InChI is InChI=1S/C22H28O2/c1-4-16-13(3)20-17-9-7-15(23)12-14(17)6-8-18(20)19-10-11-22(24,5-2)21(16)19/h2,12,16-21,24H,3-4,6-11H2,1H3/t16-,17+,18+,19+,20-,21?,22+/m1/s1. The van der Waals surface area contributed by atoms with Crippen LogP contribution in [0, 0.1) is 47.9 Å². The maximum Gasteiger partial charge on any atom is 0.155 e. The van der Waals surface area contributed by atoms with Gasteiger partial charge in [-0.1, -0.05) is 30.6 Å². The third-order valence-corrected chi connectivity index (χ3v) is 7.63. The Kier molecular flexibility index (Phi) is 3.77. The molecule has 0 aliphatic heterocycles. The van der Waals surface area contributed by atoms with E-state index in [9.17, 15) is 9.90 Å². The second-order valence-corrected chi connectivity index (χ2v) is 8.45. The molecule has 0 heterocycles. The van der Waals surface area contributed by atoms with Gasteiger partial charge in [-0.3, -0.25) is 4.79 Å². The molecule has 7 atom stereocenters. The van der Waals surface area contributed by atoms with Gasteiger partial charge >= 0.3 is 0 Å². The smallest absolute Gasteiger partial charge is 0.155 e. The molecule has 3 fully saturated rings. The van der Waals surface area contributed by atoms with Crippen LogP contribution in [-0.4, -0.2) is 16.5 Å². The van der Waals surface area contributed by atoms with Crippen molar-refractivity contribution in [3.05, 3.63) is 23.8 Å². The number of carbonyl (C=O) groups is 1. The van der Waals surface area contributed by atoms with Gasteiger partial charge in [0.25, 0.3) is 0 Å². The van der Waals surface area contributed by atoms with Crippen LogP contribution in [0.4, 0.5) is 0 Å². The molecule has 4 aliphatic rings. The van der Waals surface area contributed by atoms with Crippen molar-refractivity contribution in [2.45, 2.75) is 57.5 Å². The van der Waals surface area contributed by atoms with Gasteiger partial charge in [0, 0.05) is 12.3 Å². The van der Waals surface area contributed by atoms with Gasteiger partial charge in [-0.15, -0.1) is 6.42 Å². The van der Waals surface area contributed by atoms with Gasteiger partial charge in [-0.25, -0.2) is 0 Å². The van der Waals surface area contributed by atoms with Crippen LogP contribution >= 0.6 is 0 Å². The van der Waals surface area contributed by atoms with E-state index >= 15 is 0 Å². The predicted octanol–water partition coefficient (Wildman–Crippen LogP) is 3.90. The average molecular weight is 324 g/mol. The van der Waals surface area contributed by atoms with Gasteiger partial charge in [0.15, 0.2) is 5.78 Å². The van der Waals surface area contributed by atoms with Crippen LogP contribution in [0.5, 0.6) is 0 Å². The summed E-state index contributed by atoms with van der Waals surface area (Å²) in [6, 6.07) is 0. The van der Waals surface area contributed by atoms with Crippen molar-refractivity contribution in [3.8, 4) is 12.3 Å². The zero-order valence-electron chi connectivity index (χ0n) is 14.6. The normalized spacial score (nSPS) is 47.3. The molecule has 1 N–H and O–H groups in total. The molecule has 24 heavy (non-hydrogen) atoms. The summed E-state index contributed by atoms with van der Waals surface area (Å²) in [5.41, 5.74) is 1.73. The first-order valence-corrected chi connectivity index (χ1v) is 9.62. The highest BCUT2D eigenvalue weighted by Crippen LogP contribution is 2.62. The quantitative estimate of drug-likeness (QED) is 0.586. The molecule has 2 nitrogen and oxygen atoms in total. The number of allylic oxidation sites excluding steroid dienone is 2. The summed E-state index contributed by atoms with van der Waals surface area (Å²) in [4.78, 5) is 11.8. The average Bonchev–Trinajstić information content (AvgIpc) is 2.93. The van der Waals surface area contributed by atoms with Crippen LogP contribution in [-0.2, 0) is 4.79 Å². The fraction of sp³-hybridized carbons (Fsp3) is 0.682. The van der Waals surface area contributed by atoms with E-state index in [0.29, 0.717) is 41.8 Å². The molecule has 3 saturated carbocycles. The highest BCUT2D eigenvalue weighted by atomic mass is 16.3. The van der Waals surface area contributed by atoms with Crippen molar-refractivity contribution in [1.29, 1.82) is 0 Å². The lowest BCUT2D eigenvalue weighted by molar-refractivity contribution is -0.115. The maximum atomic E-state index is 11.8. The third kappa shape index (κ3) is 2.10. The Morgan fingerprint density at radius 3 is 2.83 bits per heavy atom. The van der Waals surface area contributed by atoms with Gasteiger partial charge in [-0.2, -0.15) is 0 Å². The zero-order chi connectivity index (χ0) is 17.1. The van der Waals surface area contributed by atoms with Crippen LogP contribution in [0.1, 0.15) is 51.9 Å². The van der Waals surface area contributed by atoms with Gasteiger partial charge in [-0.05, 0) is 74.2 Å². The van der Waals surface area contributed by atoms with Gasteiger partial charge in [0.05, 0.1) is 0 Å². The zero-order valence-corrected chi connectivity index (χ0v) is 14.6. The summed E-state index contributed by atoms with van der Waals surface area (Å²) in [5.74, 6) is 5.63. The lowest BCUT2D eigenvalue weighted by atomic mass is 9.50. The van der Waals surface area contributed by atoms with E-state index in [0.717, 1.165) is 38.5 Å². The summed E-state index contributed by atoms with van der Waals surface area (Å²) in [5, 5.41) is 11.0. The van der Waals surface area contributed by atoms with Crippen molar-refractivity contribution >= 4 is 5.78 Å². The number of carbonyl (C=O) groups excluding carboxylic acids is 1. The summed E-state index contributed by atoms with van der Waals surface area (Å²) in [7, 11) is 0. The van der Waals surface area contributed by atoms with Gasteiger partial charge in [0.2, 0.25) is 0 Å². The monoisotopic (exact) mass is 324 g/mol. The summed E-state index contributed by atoms with van der Waals surface area (Å²) in [6.07, 6.45) is 14.3. The minimum Gasteiger partial charge on any atom is -0.377 e. The summed E-state index contributed by atoms with van der Waals surface area (Å²) in [6.45, 7) is 6.73. The van der Waals surface area contributed by atoms with Gasteiger partial charge < -0.3 is 5.11 Å². The molecule has 2 heteroatoms. The maximum absolute atomic E-state index is 11.8. The van der Waals surface area contributed by atoms with E-state index in [2.05, 4.69) is 19.4 Å². The number of rotatable bonds is 1. The number of terminal acetylenes is 1. The van der Waals surface area contributed by atoms with E-state index in [1.807, 2.05) is 6.08 Å². The topological polar surface area (TPSA) is 37.3 Å². The second kappa shape index (κ2) is 5.60. The number of ketones is 1. The first-order chi connectivity index (χ1) is 11.5. The minimum atomic E-state index is -0.947. The Hall–Kier alpha value is -1.33. The van der Waals surface area contributed by atoms with Crippen LogP contribution in [0.2, 0.25) is 0 Å². The predicted molar refractivity (Wildman–Crippen MR) is 94.9 cm³/mol. The Morgan fingerprint density at radius 2 is 2.12 bits per heavy atom. The van der Waals surface area contributed by atoms with Crippen LogP contribution in [0.3, 0.4) is 0 Å². The molecule has 4 aliphatic carbocycles. The Bertz CT molecular complexity index is 651. The fourth-order valence-electron chi connectivity index (χ4n) is 6.72. The summed E-state index contributed by atoms with van der Waals surface area (Å²) < 4.78 is 0. The van der Waals surface area contributed by atoms with Crippen LogP contribution in [0.25, 0.3) is 0 Å². The van der Waals surface area contributed by atoms with Gasteiger partial charge in [0.1, 0.15) is 5.60 Å². The molecule has 0 aromatic rings. The van der Waals surface area contributed by atoms with Crippen molar-refractivity contribution in [2.24, 2.45) is 35.5 Å². The van der Waals surface area contributed by atoms with Crippen molar-refractivity contribution in [3.63, 3.8) is 0 Å². The Labute approximate surface area is 145 Å². The number of hydrogen-bond donors (Lipinski definition) is 1. The van der Waals surface area contributed by atoms with E-state index in [-0.39, 0.29) is 5.92 Å². The molecule has 4 rings (SSSR count). The van der Waals surface area contributed by atoms with Crippen molar-refractivity contribution in [1.82, 2.24) is 0 Å². The molecular weight excluding hydrogens is 296 g/mol. The molecule has 0 aromatic carbocycles. The molecule has 0 spiro atoms. The second-order valence-electron chi connectivity index (χ2n) is 8.45.